The van der Waals surface area contributed by atoms with Gasteiger partial charge in [0.25, 0.3) is 0 Å². The van der Waals surface area contributed by atoms with Crippen molar-refractivity contribution in [1.29, 1.82) is 0 Å². The predicted octanol–water partition coefficient (Wildman–Crippen LogP) is 3.38. The van der Waals surface area contributed by atoms with Gasteiger partial charge >= 0.3 is 0 Å². The Kier molecular flexibility index (Phi) is 3.62. The van der Waals surface area contributed by atoms with Crippen molar-refractivity contribution in [3.05, 3.63) is 36.7 Å². The molecule has 0 bridgehead atoms. The van der Waals surface area contributed by atoms with Gasteiger partial charge < -0.3 is 10.2 Å². The molecule has 0 aliphatic carbocycles. The predicted molar refractivity (Wildman–Crippen MR) is 85.0 cm³/mol. The SMILES string of the molecule is CC1CN(C)C(C)CC1Nc1cccc2cnccc12. The first kappa shape index (κ1) is 13.4. The average Bonchev–Trinajstić information content (AvgIpc) is 2.45. The third-order valence-corrected chi connectivity index (χ3v) is 4.63. The number of pyridine rings is 1. The van der Waals surface area contributed by atoms with Gasteiger partial charge in [-0.15, -0.1) is 0 Å². The molecule has 3 nitrogen and oxygen atoms in total. The van der Waals surface area contributed by atoms with Crippen molar-refractivity contribution >= 4 is 16.5 Å². The van der Waals surface area contributed by atoms with Gasteiger partial charge in [-0.25, -0.2) is 0 Å². The highest BCUT2D eigenvalue weighted by atomic mass is 15.2. The highest BCUT2D eigenvalue weighted by Gasteiger charge is 2.28. The fraction of sp³-hybridized carbons (Fsp3) is 0.471. The van der Waals surface area contributed by atoms with Crippen molar-refractivity contribution in [1.82, 2.24) is 9.88 Å². The van der Waals surface area contributed by atoms with Crippen LogP contribution in [0.2, 0.25) is 0 Å². The Morgan fingerprint density at radius 1 is 1.25 bits per heavy atom. The zero-order chi connectivity index (χ0) is 14.1. The number of piperidine rings is 1. The van der Waals surface area contributed by atoms with E-state index in [1.54, 1.807) is 0 Å². The summed E-state index contributed by atoms with van der Waals surface area (Å²) in [5.41, 5.74) is 1.23. The van der Waals surface area contributed by atoms with Gasteiger partial charge in [-0.3, -0.25) is 4.98 Å². The van der Waals surface area contributed by atoms with Crippen LogP contribution in [0.1, 0.15) is 20.3 Å². The van der Waals surface area contributed by atoms with Crippen LogP contribution >= 0.6 is 0 Å². The number of hydrogen-bond acceptors (Lipinski definition) is 3. The van der Waals surface area contributed by atoms with E-state index in [-0.39, 0.29) is 0 Å². The number of nitrogens with zero attached hydrogens (tertiary/aromatic N) is 2. The molecule has 2 aromatic rings. The van der Waals surface area contributed by atoms with Gasteiger partial charge in [0, 0.05) is 47.5 Å². The second kappa shape index (κ2) is 5.41. The Morgan fingerprint density at radius 3 is 2.95 bits per heavy atom. The first-order valence-electron chi connectivity index (χ1n) is 7.44. The number of rotatable bonds is 2. The van der Waals surface area contributed by atoms with Gasteiger partial charge in [-0.1, -0.05) is 19.1 Å². The third kappa shape index (κ3) is 2.50. The summed E-state index contributed by atoms with van der Waals surface area (Å²) in [4.78, 5) is 6.66. The maximum absolute atomic E-state index is 4.20. The van der Waals surface area contributed by atoms with Gasteiger partial charge in [-0.2, -0.15) is 0 Å². The van der Waals surface area contributed by atoms with E-state index in [2.05, 4.69) is 60.4 Å². The fourth-order valence-corrected chi connectivity index (χ4v) is 3.19. The summed E-state index contributed by atoms with van der Waals surface area (Å²) in [5, 5.41) is 6.24. The molecule has 1 aromatic carbocycles. The second-order valence-corrected chi connectivity index (χ2v) is 6.15. The van der Waals surface area contributed by atoms with Crippen molar-refractivity contribution in [2.24, 2.45) is 5.92 Å². The highest BCUT2D eigenvalue weighted by Crippen LogP contribution is 2.28. The monoisotopic (exact) mass is 269 g/mol. The number of likely N-dealkylation sites (tertiary alicyclic amines) is 1. The normalized spacial score (nSPS) is 27.6. The summed E-state index contributed by atoms with van der Waals surface area (Å²) in [5.74, 6) is 0.660. The molecule has 1 fully saturated rings. The molecule has 1 aromatic heterocycles. The van der Waals surface area contributed by atoms with E-state index < -0.39 is 0 Å². The van der Waals surface area contributed by atoms with Gasteiger partial charge in [0.2, 0.25) is 0 Å². The van der Waals surface area contributed by atoms with E-state index >= 15 is 0 Å². The standard InChI is InChI=1S/C17H23N3/c1-12-11-20(3)13(2)9-17(12)19-16-6-4-5-14-10-18-8-7-15(14)16/h4-8,10,12-13,17,19H,9,11H2,1-3H3. The summed E-state index contributed by atoms with van der Waals surface area (Å²) in [6, 6.07) is 9.68. The van der Waals surface area contributed by atoms with Crippen LogP contribution in [0.4, 0.5) is 5.69 Å². The van der Waals surface area contributed by atoms with E-state index in [1.807, 2.05) is 12.4 Å². The molecule has 1 N–H and O–H groups in total. The van der Waals surface area contributed by atoms with Gasteiger partial charge in [0.05, 0.1) is 0 Å². The number of anilines is 1. The van der Waals surface area contributed by atoms with Crippen molar-refractivity contribution in [2.75, 3.05) is 18.9 Å². The number of nitrogens with one attached hydrogen (secondary N) is 1. The van der Waals surface area contributed by atoms with Gasteiger partial charge in [-0.05, 0) is 38.4 Å². The van der Waals surface area contributed by atoms with Crippen LogP contribution in [-0.4, -0.2) is 35.6 Å². The van der Waals surface area contributed by atoms with Crippen LogP contribution in [0.25, 0.3) is 10.8 Å². The lowest BCUT2D eigenvalue weighted by molar-refractivity contribution is 0.146. The van der Waals surface area contributed by atoms with Crippen LogP contribution in [0.5, 0.6) is 0 Å². The molecule has 20 heavy (non-hydrogen) atoms. The molecule has 1 aliphatic heterocycles. The van der Waals surface area contributed by atoms with Gasteiger partial charge in [0.15, 0.2) is 0 Å². The lowest BCUT2D eigenvalue weighted by Gasteiger charge is -2.40. The lowest BCUT2D eigenvalue weighted by Crippen LogP contribution is -2.48. The Labute approximate surface area is 121 Å². The first-order chi connectivity index (χ1) is 9.65. The third-order valence-electron chi connectivity index (χ3n) is 4.63. The zero-order valence-electron chi connectivity index (χ0n) is 12.5. The average molecular weight is 269 g/mol. The van der Waals surface area contributed by atoms with Crippen LogP contribution in [0.3, 0.4) is 0 Å². The van der Waals surface area contributed by atoms with Gasteiger partial charge in [0.1, 0.15) is 0 Å². The Hall–Kier alpha value is -1.61. The summed E-state index contributed by atoms with van der Waals surface area (Å²) in [6.07, 6.45) is 4.99. The molecule has 0 radical (unpaired) electrons. The van der Waals surface area contributed by atoms with E-state index in [1.165, 1.54) is 22.9 Å². The molecule has 3 atom stereocenters. The van der Waals surface area contributed by atoms with Crippen molar-refractivity contribution in [2.45, 2.75) is 32.4 Å². The Morgan fingerprint density at radius 2 is 2.10 bits per heavy atom. The fourth-order valence-electron chi connectivity index (χ4n) is 3.19. The van der Waals surface area contributed by atoms with Crippen LogP contribution < -0.4 is 5.32 Å². The molecule has 0 spiro atoms. The Bertz CT molecular complexity index is 590. The van der Waals surface area contributed by atoms with E-state index in [0.717, 1.165) is 6.54 Å². The Balaban J connectivity index is 1.86. The summed E-state index contributed by atoms with van der Waals surface area (Å²) >= 11 is 0. The minimum atomic E-state index is 0.542. The largest absolute Gasteiger partial charge is 0.381 e. The minimum absolute atomic E-state index is 0.542. The van der Waals surface area contributed by atoms with E-state index in [4.69, 9.17) is 0 Å². The van der Waals surface area contributed by atoms with E-state index in [9.17, 15) is 0 Å². The van der Waals surface area contributed by atoms with Crippen LogP contribution in [0, 0.1) is 5.92 Å². The quantitative estimate of drug-likeness (QED) is 0.906. The second-order valence-electron chi connectivity index (χ2n) is 6.15. The molecule has 1 aliphatic rings. The first-order valence-corrected chi connectivity index (χ1v) is 7.44. The number of aromatic nitrogens is 1. The molecular weight excluding hydrogens is 246 g/mol. The lowest BCUT2D eigenvalue weighted by atomic mass is 9.89. The molecule has 2 heterocycles. The molecule has 3 unspecified atom stereocenters. The number of hydrogen-bond donors (Lipinski definition) is 1. The zero-order valence-corrected chi connectivity index (χ0v) is 12.5. The maximum atomic E-state index is 4.20. The van der Waals surface area contributed by atoms with Crippen LogP contribution in [0.15, 0.2) is 36.7 Å². The maximum Gasteiger partial charge on any atom is 0.0423 e. The summed E-state index contributed by atoms with van der Waals surface area (Å²) in [6.45, 7) is 5.81. The van der Waals surface area contributed by atoms with Crippen molar-refractivity contribution in [3.63, 3.8) is 0 Å². The molecule has 1 saturated heterocycles. The molecule has 0 saturated carbocycles. The highest BCUT2D eigenvalue weighted by molar-refractivity contribution is 5.93. The number of benzene rings is 1. The smallest absolute Gasteiger partial charge is 0.0423 e. The van der Waals surface area contributed by atoms with Crippen LogP contribution in [-0.2, 0) is 0 Å². The molecule has 3 rings (SSSR count). The summed E-state index contributed by atoms with van der Waals surface area (Å²) in [7, 11) is 2.22. The van der Waals surface area contributed by atoms with Crippen molar-refractivity contribution < 1.29 is 0 Å². The minimum Gasteiger partial charge on any atom is -0.381 e. The topological polar surface area (TPSA) is 28.2 Å². The molecule has 3 heteroatoms. The molecule has 0 amide bonds. The summed E-state index contributed by atoms with van der Waals surface area (Å²) < 4.78 is 0. The number of fused-ring (bicyclic) bond motifs is 1. The van der Waals surface area contributed by atoms with E-state index in [0.29, 0.717) is 18.0 Å². The molecular formula is C17H23N3. The molecule has 106 valence electrons. The van der Waals surface area contributed by atoms with Crippen molar-refractivity contribution in [3.8, 4) is 0 Å².